The van der Waals surface area contributed by atoms with Crippen LogP contribution in [0, 0.1) is 18.6 Å². The molecule has 0 saturated heterocycles. The molecule has 0 saturated carbocycles. The summed E-state index contributed by atoms with van der Waals surface area (Å²) in [6, 6.07) is 11.9. The lowest BCUT2D eigenvalue weighted by atomic mass is 10.0. The zero-order chi connectivity index (χ0) is 14.5. The topological polar surface area (TPSA) is 0 Å². The van der Waals surface area contributed by atoms with E-state index in [-0.39, 0.29) is 5.38 Å². The van der Waals surface area contributed by atoms with E-state index in [0.29, 0.717) is 12.0 Å². The highest BCUT2D eigenvalue weighted by Crippen LogP contribution is 2.18. The first-order valence-corrected chi connectivity index (χ1v) is 7.12. The Morgan fingerprint density at radius 2 is 1.75 bits per heavy atom. The molecule has 2 aromatic carbocycles. The molecule has 0 bridgehead atoms. The Kier molecular flexibility index (Phi) is 5.13. The molecular weight excluding hydrogens is 278 g/mol. The van der Waals surface area contributed by atoms with Crippen LogP contribution < -0.4 is 0 Å². The van der Waals surface area contributed by atoms with E-state index in [1.165, 1.54) is 23.3 Å². The maximum atomic E-state index is 13.5. The predicted octanol–water partition coefficient (Wildman–Crippen LogP) is 5.06. The Labute approximate surface area is 123 Å². The van der Waals surface area contributed by atoms with Gasteiger partial charge in [0, 0.05) is 11.4 Å². The highest BCUT2D eigenvalue weighted by molar-refractivity contribution is 6.20. The third-order valence-corrected chi connectivity index (χ3v) is 3.70. The van der Waals surface area contributed by atoms with Gasteiger partial charge in [-0.15, -0.1) is 11.6 Å². The van der Waals surface area contributed by atoms with Crippen molar-refractivity contribution in [1.29, 1.82) is 0 Å². The molecule has 0 spiro atoms. The standard InChI is InChI=1S/C17H17ClF2/c1-12-2-4-13(5-3-12)6-8-15(18)10-14-7-9-16(19)11-17(14)20/h2-5,7,9,11,15H,6,8,10H2,1H3. The lowest BCUT2D eigenvalue weighted by Crippen LogP contribution is -2.07. The molecule has 20 heavy (non-hydrogen) atoms. The maximum Gasteiger partial charge on any atom is 0.129 e. The number of halogens is 3. The first kappa shape index (κ1) is 15.0. The third-order valence-electron chi connectivity index (χ3n) is 3.32. The fourth-order valence-electron chi connectivity index (χ4n) is 2.11. The van der Waals surface area contributed by atoms with Crippen LogP contribution in [0.25, 0.3) is 0 Å². The van der Waals surface area contributed by atoms with E-state index in [9.17, 15) is 8.78 Å². The van der Waals surface area contributed by atoms with Crippen LogP contribution in [-0.2, 0) is 12.8 Å². The van der Waals surface area contributed by atoms with Crippen molar-refractivity contribution in [1.82, 2.24) is 0 Å². The average molecular weight is 295 g/mol. The van der Waals surface area contributed by atoms with Crippen molar-refractivity contribution in [2.24, 2.45) is 0 Å². The van der Waals surface area contributed by atoms with Crippen LogP contribution >= 0.6 is 11.6 Å². The molecule has 2 aromatic rings. The van der Waals surface area contributed by atoms with Crippen LogP contribution in [0.3, 0.4) is 0 Å². The number of aryl methyl sites for hydroxylation is 2. The Morgan fingerprint density at radius 1 is 1.05 bits per heavy atom. The summed E-state index contributed by atoms with van der Waals surface area (Å²) in [4.78, 5) is 0. The molecule has 1 unspecified atom stereocenters. The Morgan fingerprint density at radius 3 is 2.40 bits per heavy atom. The van der Waals surface area contributed by atoms with Gasteiger partial charge in [-0.05, 0) is 43.4 Å². The first-order chi connectivity index (χ1) is 9.54. The van der Waals surface area contributed by atoms with Crippen LogP contribution in [0.2, 0.25) is 0 Å². The number of rotatable bonds is 5. The minimum Gasteiger partial charge on any atom is -0.207 e. The smallest absolute Gasteiger partial charge is 0.129 e. The molecule has 0 aliphatic carbocycles. The molecule has 0 aliphatic rings. The minimum atomic E-state index is -0.558. The van der Waals surface area contributed by atoms with E-state index in [0.717, 1.165) is 18.9 Å². The Bertz CT molecular complexity index is 564. The number of hydrogen-bond donors (Lipinski definition) is 0. The second-order valence-corrected chi connectivity index (χ2v) is 5.68. The van der Waals surface area contributed by atoms with E-state index in [1.807, 2.05) is 6.92 Å². The second kappa shape index (κ2) is 6.85. The summed E-state index contributed by atoms with van der Waals surface area (Å²) in [5.41, 5.74) is 2.92. The quantitative estimate of drug-likeness (QED) is 0.677. The maximum absolute atomic E-state index is 13.5. The summed E-state index contributed by atoms with van der Waals surface area (Å²) in [5.74, 6) is -1.08. The van der Waals surface area contributed by atoms with Gasteiger partial charge in [-0.1, -0.05) is 35.9 Å². The zero-order valence-corrected chi connectivity index (χ0v) is 12.1. The molecule has 0 N–H and O–H groups in total. The molecule has 0 fully saturated rings. The summed E-state index contributed by atoms with van der Waals surface area (Å²) in [6.45, 7) is 2.05. The third kappa shape index (κ3) is 4.31. The van der Waals surface area contributed by atoms with Crippen LogP contribution in [0.1, 0.15) is 23.1 Å². The number of benzene rings is 2. The largest absolute Gasteiger partial charge is 0.207 e. The monoisotopic (exact) mass is 294 g/mol. The van der Waals surface area contributed by atoms with Crippen LogP contribution in [0.5, 0.6) is 0 Å². The van der Waals surface area contributed by atoms with Gasteiger partial charge >= 0.3 is 0 Å². The lowest BCUT2D eigenvalue weighted by molar-refractivity contribution is 0.568. The van der Waals surface area contributed by atoms with Gasteiger partial charge in [0.15, 0.2) is 0 Å². The van der Waals surface area contributed by atoms with E-state index in [2.05, 4.69) is 24.3 Å². The van der Waals surface area contributed by atoms with Crippen molar-refractivity contribution >= 4 is 11.6 Å². The summed E-state index contributed by atoms with van der Waals surface area (Å²) in [6.07, 6.45) is 2.04. The summed E-state index contributed by atoms with van der Waals surface area (Å²) >= 11 is 6.25. The molecule has 106 valence electrons. The molecule has 0 nitrogen and oxygen atoms in total. The molecule has 1 atom stereocenters. The van der Waals surface area contributed by atoms with Gasteiger partial charge in [0.2, 0.25) is 0 Å². The molecular formula is C17H17ClF2. The van der Waals surface area contributed by atoms with Gasteiger partial charge in [-0.25, -0.2) is 8.78 Å². The number of hydrogen-bond acceptors (Lipinski definition) is 0. The molecule has 3 heteroatoms. The van der Waals surface area contributed by atoms with Gasteiger partial charge in [-0.3, -0.25) is 0 Å². The van der Waals surface area contributed by atoms with Gasteiger partial charge in [0.1, 0.15) is 11.6 Å². The summed E-state index contributed by atoms with van der Waals surface area (Å²) in [5, 5.41) is -0.156. The molecule has 0 amide bonds. The van der Waals surface area contributed by atoms with E-state index >= 15 is 0 Å². The Balaban J connectivity index is 1.89. The fraction of sp³-hybridized carbons (Fsp3) is 0.294. The molecule has 0 heterocycles. The van der Waals surface area contributed by atoms with Gasteiger partial charge < -0.3 is 0 Å². The van der Waals surface area contributed by atoms with Crippen molar-refractivity contribution in [3.05, 3.63) is 70.8 Å². The van der Waals surface area contributed by atoms with E-state index < -0.39 is 11.6 Å². The average Bonchev–Trinajstić information content (AvgIpc) is 2.41. The number of alkyl halides is 1. The van der Waals surface area contributed by atoms with Crippen LogP contribution in [0.4, 0.5) is 8.78 Å². The van der Waals surface area contributed by atoms with Gasteiger partial charge in [-0.2, -0.15) is 0 Å². The summed E-state index contributed by atoms with van der Waals surface area (Å²) < 4.78 is 26.3. The first-order valence-electron chi connectivity index (χ1n) is 6.68. The predicted molar refractivity (Wildman–Crippen MR) is 79.2 cm³/mol. The van der Waals surface area contributed by atoms with Crippen molar-refractivity contribution in [2.75, 3.05) is 0 Å². The molecule has 0 aromatic heterocycles. The normalized spacial score (nSPS) is 12.4. The summed E-state index contributed by atoms with van der Waals surface area (Å²) in [7, 11) is 0. The van der Waals surface area contributed by atoms with Crippen molar-refractivity contribution in [3.63, 3.8) is 0 Å². The van der Waals surface area contributed by atoms with Crippen molar-refractivity contribution in [3.8, 4) is 0 Å². The fourth-order valence-corrected chi connectivity index (χ4v) is 2.38. The van der Waals surface area contributed by atoms with E-state index in [4.69, 9.17) is 11.6 Å². The highest BCUT2D eigenvalue weighted by atomic mass is 35.5. The molecule has 0 radical (unpaired) electrons. The Hall–Kier alpha value is -1.41. The van der Waals surface area contributed by atoms with Crippen LogP contribution in [-0.4, -0.2) is 5.38 Å². The SMILES string of the molecule is Cc1ccc(CCC(Cl)Cc2ccc(F)cc2F)cc1. The highest BCUT2D eigenvalue weighted by Gasteiger charge is 2.10. The van der Waals surface area contributed by atoms with Crippen molar-refractivity contribution in [2.45, 2.75) is 31.6 Å². The molecule has 2 rings (SSSR count). The van der Waals surface area contributed by atoms with Gasteiger partial charge in [0.25, 0.3) is 0 Å². The molecule has 0 aliphatic heterocycles. The second-order valence-electron chi connectivity index (χ2n) is 5.06. The van der Waals surface area contributed by atoms with Gasteiger partial charge in [0.05, 0.1) is 0 Å². The van der Waals surface area contributed by atoms with Crippen molar-refractivity contribution < 1.29 is 8.78 Å². The van der Waals surface area contributed by atoms with E-state index in [1.54, 1.807) is 0 Å². The lowest BCUT2D eigenvalue weighted by Gasteiger charge is -2.10. The minimum absolute atomic E-state index is 0.156. The van der Waals surface area contributed by atoms with Crippen LogP contribution in [0.15, 0.2) is 42.5 Å². The zero-order valence-electron chi connectivity index (χ0n) is 11.4.